The fourth-order valence-electron chi connectivity index (χ4n) is 3.08. The number of hydrogen-bond donors (Lipinski definition) is 2. The molecule has 1 amide bonds. The van der Waals surface area contributed by atoms with Crippen LogP contribution >= 0.6 is 11.3 Å². The number of hydrogen-bond acceptors (Lipinski definition) is 9. The summed E-state index contributed by atoms with van der Waals surface area (Å²) < 4.78 is 27.7. The number of nitrogens with two attached hydrogens (primary N) is 1. The van der Waals surface area contributed by atoms with Crippen LogP contribution in [0.25, 0.3) is 10.6 Å². The van der Waals surface area contributed by atoms with Crippen molar-refractivity contribution in [2.45, 2.75) is 4.21 Å². The predicted octanol–water partition coefficient (Wildman–Crippen LogP) is -0.102. The number of thiophene rings is 1. The van der Waals surface area contributed by atoms with E-state index in [4.69, 9.17) is 5.73 Å². The minimum Gasteiger partial charge on any atom is -0.364 e. The zero-order valence-electron chi connectivity index (χ0n) is 15.6. The molecule has 30 heavy (non-hydrogen) atoms. The van der Waals surface area contributed by atoms with Crippen LogP contribution in [-0.2, 0) is 10.0 Å². The van der Waals surface area contributed by atoms with Crippen LogP contribution in [0.15, 0.2) is 45.7 Å². The first-order valence-corrected chi connectivity index (χ1v) is 11.1. The van der Waals surface area contributed by atoms with E-state index in [1.807, 2.05) is 0 Å². The number of aromatic nitrogens is 4. The highest BCUT2D eigenvalue weighted by Crippen LogP contribution is 2.31. The Labute approximate surface area is 175 Å². The summed E-state index contributed by atoms with van der Waals surface area (Å²) in [5, 5.41) is 6.26. The van der Waals surface area contributed by atoms with Gasteiger partial charge in [0.25, 0.3) is 21.5 Å². The van der Waals surface area contributed by atoms with Crippen molar-refractivity contribution < 1.29 is 13.2 Å². The first-order chi connectivity index (χ1) is 14.4. The maximum atomic E-state index is 13.0. The van der Waals surface area contributed by atoms with Gasteiger partial charge in [-0.2, -0.15) is 9.40 Å². The minimum atomic E-state index is -3.69. The van der Waals surface area contributed by atoms with Gasteiger partial charge in [-0.05, 0) is 18.2 Å². The van der Waals surface area contributed by atoms with Crippen LogP contribution in [0.5, 0.6) is 0 Å². The summed E-state index contributed by atoms with van der Waals surface area (Å²) in [6.07, 6.45) is 2.85. The average molecular weight is 448 g/mol. The van der Waals surface area contributed by atoms with E-state index in [1.54, 1.807) is 11.0 Å². The lowest BCUT2D eigenvalue weighted by molar-refractivity contribution is 0.0995. The molecule has 0 radical (unpaired) electrons. The number of carbonyl (C=O) groups excluding carboxylic acids is 1. The van der Waals surface area contributed by atoms with Gasteiger partial charge in [-0.1, -0.05) is 0 Å². The van der Waals surface area contributed by atoms with Gasteiger partial charge in [-0.3, -0.25) is 9.59 Å². The van der Waals surface area contributed by atoms with Gasteiger partial charge in [0.05, 0.1) is 4.88 Å². The first kappa shape index (κ1) is 20.1. The van der Waals surface area contributed by atoms with E-state index >= 15 is 0 Å². The summed E-state index contributed by atoms with van der Waals surface area (Å²) >= 11 is 1.08. The number of rotatable bonds is 5. The zero-order chi connectivity index (χ0) is 21.3. The normalized spacial score (nSPS) is 15.3. The van der Waals surface area contributed by atoms with E-state index in [-0.39, 0.29) is 28.6 Å². The predicted molar refractivity (Wildman–Crippen MR) is 110 cm³/mol. The van der Waals surface area contributed by atoms with Gasteiger partial charge in [-0.25, -0.2) is 23.5 Å². The fraction of sp³-hybridized carbons (Fsp3) is 0.235. The van der Waals surface area contributed by atoms with Gasteiger partial charge in [0.1, 0.15) is 9.90 Å². The van der Waals surface area contributed by atoms with Crippen LogP contribution in [0.3, 0.4) is 0 Å². The highest BCUT2D eigenvalue weighted by atomic mass is 32.2. The number of H-pyrrole nitrogens is 1. The van der Waals surface area contributed by atoms with Crippen LogP contribution < -0.4 is 16.2 Å². The van der Waals surface area contributed by atoms with Crippen molar-refractivity contribution in [3.63, 3.8) is 0 Å². The van der Waals surface area contributed by atoms with Crippen molar-refractivity contribution in [3.05, 3.63) is 52.7 Å². The summed E-state index contributed by atoms with van der Waals surface area (Å²) in [5.41, 5.74) is 5.58. The smallest absolute Gasteiger partial charge is 0.271 e. The Morgan fingerprint density at radius 2 is 1.80 bits per heavy atom. The second-order valence-corrected chi connectivity index (χ2v) is 9.66. The van der Waals surface area contributed by atoms with E-state index in [0.717, 1.165) is 11.3 Å². The topological polar surface area (TPSA) is 155 Å². The van der Waals surface area contributed by atoms with Crippen molar-refractivity contribution in [3.8, 4) is 10.6 Å². The third-order valence-corrected chi connectivity index (χ3v) is 8.03. The molecule has 3 aromatic heterocycles. The molecule has 0 saturated carbocycles. The van der Waals surface area contributed by atoms with Crippen LogP contribution in [-0.4, -0.2) is 65.0 Å². The molecule has 1 fully saturated rings. The first-order valence-electron chi connectivity index (χ1n) is 8.88. The third-order valence-electron chi connectivity index (χ3n) is 4.56. The Balaban J connectivity index is 1.50. The Bertz CT molecular complexity index is 1230. The molecule has 0 aromatic carbocycles. The number of sulfonamides is 1. The SMILES string of the molecule is NC(=O)c1nccnc1N1CCN(S(=O)(=O)c2ccc(-c3ccc(=O)[nH]n3)s2)CC1. The van der Waals surface area contributed by atoms with Gasteiger partial charge in [0, 0.05) is 44.6 Å². The average Bonchev–Trinajstić information content (AvgIpc) is 3.25. The summed E-state index contributed by atoms with van der Waals surface area (Å²) in [6, 6.07) is 6.06. The lowest BCUT2D eigenvalue weighted by Crippen LogP contribution is -2.49. The zero-order valence-corrected chi connectivity index (χ0v) is 17.2. The third kappa shape index (κ3) is 3.81. The number of nitrogens with zero attached hydrogens (tertiary/aromatic N) is 5. The van der Waals surface area contributed by atoms with Crippen molar-refractivity contribution in [2.24, 2.45) is 5.73 Å². The molecular formula is C17H17N7O4S2. The summed E-state index contributed by atoms with van der Waals surface area (Å²) in [5.74, 6) is -0.334. The largest absolute Gasteiger partial charge is 0.364 e. The second-order valence-electron chi connectivity index (χ2n) is 6.41. The number of anilines is 1. The lowest BCUT2D eigenvalue weighted by atomic mass is 10.3. The lowest BCUT2D eigenvalue weighted by Gasteiger charge is -2.34. The highest BCUT2D eigenvalue weighted by Gasteiger charge is 2.31. The molecule has 0 unspecified atom stereocenters. The number of piperazine rings is 1. The van der Waals surface area contributed by atoms with Crippen molar-refractivity contribution in [2.75, 3.05) is 31.1 Å². The number of aromatic amines is 1. The molecule has 0 bridgehead atoms. The standard InChI is InChI=1S/C17H17N7O4S2/c18-16(26)15-17(20-6-5-19-15)23-7-9-24(10-8-23)30(27,28)14-4-2-12(29-14)11-1-3-13(25)22-21-11/h1-6H,7-10H2,(H2,18,26)(H,22,25). The highest BCUT2D eigenvalue weighted by molar-refractivity contribution is 7.91. The van der Waals surface area contributed by atoms with Crippen LogP contribution in [0, 0.1) is 0 Å². The maximum Gasteiger partial charge on any atom is 0.271 e. The summed E-state index contributed by atoms with van der Waals surface area (Å²) in [4.78, 5) is 33.3. The van der Waals surface area contributed by atoms with Gasteiger partial charge < -0.3 is 10.6 Å². The molecule has 4 heterocycles. The van der Waals surface area contributed by atoms with Gasteiger partial charge in [0.15, 0.2) is 11.5 Å². The molecule has 4 rings (SSSR count). The Morgan fingerprint density at radius 3 is 2.47 bits per heavy atom. The number of primary amides is 1. The van der Waals surface area contributed by atoms with Gasteiger partial charge in [-0.15, -0.1) is 11.3 Å². The molecule has 13 heteroatoms. The number of nitrogens with one attached hydrogen (secondary N) is 1. The monoisotopic (exact) mass is 447 g/mol. The van der Waals surface area contributed by atoms with Crippen LogP contribution in [0.1, 0.15) is 10.5 Å². The quantitative estimate of drug-likeness (QED) is 0.549. The molecule has 1 saturated heterocycles. The molecule has 3 N–H and O–H groups in total. The van der Waals surface area contributed by atoms with Crippen molar-refractivity contribution >= 4 is 33.1 Å². The number of amides is 1. The van der Waals surface area contributed by atoms with E-state index in [9.17, 15) is 18.0 Å². The maximum absolute atomic E-state index is 13.0. The van der Waals surface area contributed by atoms with E-state index in [1.165, 1.54) is 34.9 Å². The molecule has 0 atom stereocenters. The Kier molecular flexibility index (Phi) is 5.32. The molecule has 156 valence electrons. The second kappa shape index (κ2) is 7.93. The van der Waals surface area contributed by atoms with Crippen molar-refractivity contribution in [1.82, 2.24) is 24.5 Å². The summed E-state index contributed by atoms with van der Waals surface area (Å²) in [7, 11) is -3.69. The van der Waals surface area contributed by atoms with Crippen molar-refractivity contribution in [1.29, 1.82) is 0 Å². The van der Waals surface area contributed by atoms with Gasteiger partial charge in [0.2, 0.25) is 0 Å². The minimum absolute atomic E-state index is 0.0603. The van der Waals surface area contributed by atoms with Crippen LogP contribution in [0.4, 0.5) is 5.82 Å². The Morgan fingerprint density at radius 1 is 1.07 bits per heavy atom. The van der Waals surface area contributed by atoms with E-state index < -0.39 is 15.9 Å². The van der Waals surface area contributed by atoms with E-state index in [2.05, 4.69) is 20.2 Å². The molecule has 1 aliphatic heterocycles. The molecule has 3 aromatic rings. The Hall–Kier alpha value is -3.16. The molecule has 11 nitrogen and oxygen atoms in total. The van der Waals surface area contributed by atoms with E-state index in [0.29, 0.717) is 29.5 Å². The fourth-order valence-corrected chi connectivity index (χ4v) is 5.93. The summed E-state index contributed by atoms with van der Waals surface area (Å²) in [6.45, 7) is 1.14. The number of carbonyl (C=O) groups is 1. The van der Waals surface area contributed by atoms with Crippen LogP contribution in [0.2, 0.25) is 0 Å². The molecule has 1 aliphatic rings. The molecule has 0 aliphatic carbocycles. The molecular weight excluding hydrogens is 430 g/mol. The molecule has 0 spiro atoms. The van der Waals surface area contributed by atoms with Gasteiger partial charge >= 0.3 is 0 Å².